The number of benzene rings is 7. The summed E-state index contributed by atoms with van der Waals surface area (Å²) in [5.41, 5.74) is 9.40. The van der Waals surface area contributed by atoms with E-state index in [-0.39, 0.29) is 5.75 Å². The van der Waals surface area contributed by atoms with E-state index in [1.807, 2.05) is 121 Å². The number of phenolic OH excluding ortho intramolecular Hbond substituents is 1. The van der Waals surface area contributed by atoms with Gasteiger partial charge in [0.15, 0.2) is 17.5 Å². The van der Waals surface area contributed by atoms with Crippen molar-refractivity contribution in [3.8, 4) is 73.3 Å². The summed E-state index contributed by atoms with van der Waals surface area (Å²) in [6.45, 7) is 0. The summed E-state index contributed by atoms with van der Waals surface area (Å²) in [6, 6.07) is 56.3. The molecule has 9 aromatic rings. The molecule has 0 atom stereocenters. The minimum absolute atomic E-state index is 0.127. The molecule has 1 N–H and O–H groups in total. The molecule has 0 radical (unpaired) electrons. The van der Waals surface area contributed by atoms with Gasteiger partial charge in [-0.25, -0.2) is 15.0 Å². The van der Waals surface area contributed by atoms with Crippen LogP contribution >= 0.6 is 0 Å². The van der Waals surface area contributed by atoms with Crippen molar-refractivity contribution in [2.45, 2.75) is 0 Å². The molecule has 2 aromatic heterocycles. The number of aromatic nitrogens is 3. The number of hydrogen-bond acceptors (Lipinski definition) is 5. The van der Waals surface area contributed by atoms with Gasteiger partial charge < -0.3 is 9.52 Å². The summed E-state index contributed by atoms with van der Waals surface area (Å²) in [7, 11) is 0. The summed E-state index contributed by atoms with van der Waals surface area (Å²) in [4.78, 5) is 15.3. The maximum Gasteiger partial charge on any atom is 0.165 e. The fraction of sp³-hybridized carbons (Fsp3) is 0. The van der Waals surface area contributed by atoms with Crippen LogP contribution in [0.4, 0.5) is 0 Å². The largest absolute Gasteiger partial charge is 0.507 e. The number of hydrogen-bond donors (Lipinski definition) is 1. The van der Waals surface area contributed by atoms with E-state index in [1.165, 1.54) is 0 Å². The topological polar surface area (TPSA) is 72.0 Å². The molecule has 0 saturated heterocycles. The highest BCUT2D eigenvalue weighted by Gasteiger charge is 2.24. The Bertz CT molecular complexity index is 2630. The average molecular weight is 644 g/mol. The number of nitrogens with zero attached hydrogens (tertiary/aromatic N) is 3. The van der Waals surface area contributed by atoms with Gasteiger partial charge in [-0.05, 0) is 40.5 Å². The smallest absolute Gasteiger partial charge is 0.165 e. The quantitative estimate of drug-likeness (QED) is 0.195. The third-order valence-corrected chi connectivity index (χ3v) is 9.08. The molecule has 5 heteroatoms. The number of fused-ring (bicyclic) bond motifs is 3. The van der Waals surface area contributed by atoms with E-state index in [0.29, 0.717) is 28.6 Å². The second kappa shape index (κ2) is 12.3. The Balaban J connectivity index is 1.33. The average Bonchev–Trinajstić information content (AvgIpc) is 3.58. The Kier molecular flexibility index (Phi) is 7.21. The second-order valence-electron chi connectivity index (χ2n) is 12.1. The van der Waals surface area contributed by atoms with Crippen LogP contribution in [0, 0.1) is 0 Å². The van der Waals surface area contributed by atoms with Crippen LogP contribution in [0.1, 0.15) is 0 Å². The van der Waals surface area contributed by atoms with Crippen molar-refractivity contribution in [3.63, 3.8) is 0 Å². The standard InChI is InChI=1S/C45H29N3O2/c49-38-28-27-35(37-21-12-20-36-34-19-10-11-22-39(34)50-42(36)37)41(40(38)31-15-6-2-7-16-31)45-47-43(32-17-8-3-9-18-32)46-44(48-45)33-25-23-30(24-26-33)29-13-4-1-5-14-29/h1-28,49H. The molecule has 50 heavy (non-hydrogen) atoms. The molecule has 0 aliphatic heterocycles. The highest BCUT2D eigenvalue weighted by atomic mass is 16.3. The van der Waals surface area contributed by atoms with Crippen molar-refractivity contribution in [2.75, 3.05) is 0 Å². The van der Waals surface area contributed by atoms with Gasteiger partial charge in [0.05, 0.1) is 0 Å². The number of phenols is 1. The number of rotatable bonds is 6. The van der Waals surface area contributed by atoms with Crippen LogP contribution in [0.2, 0.25) is 0 Å². The van der Waals surface area contributed by atoms with Crippen molar-refractivity contribution in [3.05, 3.63) is 170 Å². The minimum atomic E-state index is 0.127. The van der Waals surface area contributed by atoms with Gasteiger partial charge in [-0.1, -0.05) is 152 Å². The lowest BCUT2D eigenvalue weighted by Gasteiger charge is -2.18. The maximum absolute atomic E-state index is 11.6. The Morgan fingerprint density at radius 1 is 0.360 bits per heavy atom. The molecule has 7 aromatic carbocycles. The highest BCUT2D eigenvalue weighted by Crippen LogP contribution is 2.46. The Morgan fingerprint density at radius 2 is 0.880 bits per heavy atom. The van der Waals surface area contributed by atoms with Crippen LogP contribution in [0.25, 0.3) is 89.5 Å². The van der Waals surface area contributed by atoms with Crippen LogP contribution < -0.4 is 0 Å². The highest BCUT2D eigenvalue weighted by molar-refractivity contribution is 6.11. The van der Waals surface area contributed by atoms with E-state index in [9.17, 15) is 5.11 Å². The molecule has 0 unspecified atom stereocenters. The lowest BCUT2D eigenvalue weighted by Crippen LogP contribution is -2.02. The third-order valence-electron chi connectivity index (χ3n) is 9.08. The molecule has 9 rings (SSSR count). The van der Waals surface area contributed by atoms with Gasteiger partial charge in [-0.2, -0.15) is 0 Å². The lowest BCUT2D eigenvalue weighted by atomic mass is 9.89. The van der Waals surface area contributed by atoms with Gasteiger partial charge in [0, 0.05) is 38.6 Å². The molecule has 0 amide bonds. The Hall–Kier alpha value is -6.85. The van der Waals surface area contributed by atoms with E-state index in [4.69, 9.17) is 19.4 Å². The predicted molar refractivity (Wildman–Crippen MR) is 201 cm³/mol. The van der Waals surface area contributed by atoms with Crippen molar-refractivity contribution < 1.29 is 9.52 Å². The second-order valence-corrected chi connectivity index (χ2v) is 12.1. The molecule has 236 valence electrons. The summed E-state index contributed by atoms with van der Waals surface area (Å²) in [6.07, 6.45) is 0. The normalized spacial score (nSPS) is 11.3. The predicted octanol–water partition coefficient (Wildman–Crippen LogP) is 11.5. The van der Waals surface area contributed by atoms with Gasteiger partial charge in [0.1, 0.15) is 16.9 Å². The number of para-hydroxylation sites is 2. The Labute approximate surface area is 288 Å². The van der Waals surface area contributed by atoms with Crippen LogP contribution in [0.15, 0.2) is 174 Å². The first-order valence-electron chi connectivity index (χ1n) is 16.5. The van der Waals surface area contributed by atoms with Gasteiger partial charge in [-0.3, -0.25) is 0 Å². The van der Waals surface area contributed by atoms with Crippen LogP contribution in [0.3, 0.4) is 0 Å². The van der Waals surface area contributed by atoms with Crippen LogP contribution in [-0.4, -0.2) is 20.1 Å². The van der Waals surface area contributed by atoms with Crippen molar-refractivity contribution >= 4 is 21.9 Å². The van der Waals surface area contributed by atoms with Gasteiger partial charge in [-0.15, -0.1) is 0 Å². The number of aromatic hydroxyl groups is 1. The summed E-state index contributed by atoms with van der Waals surface area (Å²) in [5, 5.41) is 13.7. The SMILES string of the molecule is Oc1ccc(-c2cccc3c2oc2ccccc23)c(-c2nc(-c3ccccc3)nc(-c3ccc(-c4ccccc4)cc3)n2)c1-c1ccccc1. The summed E-state index contributed by atoms with van der Waals surface area (Å²) >= 11 is 0. The molecule has 0 spiro atoms. The first kappa shape index (κ1) is 29.3. The van der Waals surface area contributed by atoms with Gasteiger partial charge in [0.25, 0.3) is 0 Å². The zero-order chi connectivity index (χ0) is 33.4. The first-order valence-corrected chi connectivity index (χ1v) is 16.5. The molecule has 0 fully saturated rings. The molecule has 5 nitrogen and oxygen atoms in total. The van der Waals surface area contributed by atoms with E-state index in [2.05, 4.69) is 42.5 Å². The third kappa shape index (κ3) is 5.18. The van der Waals surface area contributed by atoms with Crippen molar-refractivity contribution in [1.29, 1.82) is 0 Å². The molecular formula is C45H29N3O2. The molecule has 2 heterocycles. The Morgan fingerprint density at radius 3 is 1.58 bits per heavy atom. The fourth-order valence-corrected chi connectivity index (χ4v) is 6.68. The van der Waals surface area contributed by atoms with Crippen LogP contribution in [-0.2, 0) is 0 Å². The van der Waals surface area contributed by atoms with Crippen molar-refractivity contribution in [2.24, 2.45) is 0 Å². The monoisotopic (exact) mass is 643 g/mol. The molecule has 0 bridgehead atoms. The fourth-order valence-electron chi connectivity index (χ4n) is 6.68. The number of furan rings is 1. The summed E-state index contributed by atoms with van der Waals surface area (Å²) < 4.78 is 6.52. The molecule has 0 aliphatic carbocycles. The van der Waals surface area contributed by atoms with Gasteiger partial charge >= 0.3 is 0 Å². The molecule has 0 aliphatic rings. The van der Waals surface area contributed by atoms with E-state index in [1.54, 1.807) is 6.07 Å². The molecular weight excluding hydrogens is 615 g/mol. The first-order chi connectivity index (χ1) is 24.7. The minimum Gasteiger partial charge on any atom is -0.507 e. The van der Waals surface area contributed by atoms with E-state index < -0.39 is 0 Å². The van der Waals surface area contributed by atoms with Crippen LogP contribution in [0.5, 0.6) is 5.75 Å². The lowest BCUT2D eigenvalue weighted by molar-refractivity contribution is 0.477. The molecule has 0 saturated carbocycles. The van der Waals surface area contributed by atoms with E-state index >= 15 is 0 Å². The van der Waals surface area contributed by atoms with E-state index in [0.717, 1.165) is 60.9 Å². The zero-order valence-electron chi connectivity index (χ0n) is 26.9. The zero-order valence-corrected chi connectivity index (χ0v) is 26.9. The summed E-state index contributed by atoms with van der Waals surface area (Å²) in [5.74, 6) is 1.64. The maximum atomic E-state index is 11.6. The van der Waals surface area contributed by atoms with Gasteiger partial charge in [0.2, 0.25) is 0 Å². The van der Waals surface area contributed by atoms with Crippen molar-refractivity contribution in [1.82, 2.24) is 15.0 Å².